The number of amides is 1. The van der Waals surface area contributed by atoms with Crippen molar-refractivity contribution in [2.75, 3.05) is 24.6 Å². The quantitative estimate of drug-likeness (QED) is 0.572. The van der Waals surface area contributed by atoms with Crippen LogP contribution in [0.15, 0.2) is 66.7 Å². The summed E-state index contributed by atoms with van der Waals surface area (Å²) in [7, 11) is 0. The minimum atomic E-state index is -0.241. The van der Waals surface area contributed by atoms with Gasteiger partial charge in [0, 0.05) is 30.4 Å². The van der Waals surface area contributed by atoms with Gasteiger partial charge in [0.05, 0.1) is 6.61 Å². The van der Waals surface area contributed by atoms with Crippen molar-refractivity contribution in [2.45, 2.75) is 38.6 Å². The lowest BCUT2D eigenvalue weighted by molar-refractivity contribution is 0.0922. The van der Waals surface area contributed by atoms with Gasteiger partial charge in [-0.25, -0.2) is 0 Å². The van der Waals surface area contributed by atoms with Gasteiger partial charge in [-0.3, -0.25) is 4.79 Å². The topological polar surface area (TPSA) is 52.6 Å². The van der Waals surface area contributed by atoms with Gasteiger partial charge < -0.3 is 15.3 Å². The van der Waals surface area contributed by atoms with Gasteiger partial charge in [0.2, 0.25) is 0 Å². The Labute approximate surface area is 184 Å². The number of aliphatic hydroxyl groups is 1. The number of anilines is 1. The first-order valence-electron chi connectivity index (χ1n) is 11.3. The van der Waals surface area contributed by atoms with Crippen molar-refractivity contribution in [3.63, 3.8) is 0 Å². The lowest BCUT2D eigenvalue weighted by Gasteiger charge is -2.21. The van der Waals surface area contributed by atoms with Gasteiger partial charge in [-0.05, 0) is 72.2 Å². The van der Waals surface area contributed by atoms with E-state index in [9.17, 15) is 4.79 Å². The predicted octanol–water partition coefficient (Wildman–Crippen LogP) is 4.97. The minimum Gasteiger partial charge on any atom is -0.394 e. The third kappa shape index (κ3) is 4.91. The molecule has 3 aromatic rings. The molecule has 1 heterocycles. The molecular formula is C27H32N2O2. The normalized spacial score (nSPS) is 18.2. The Bertz CT molecular complexity index is 1030. The van der Waals surface area contributed by atoms with Gasteiger partial charge in [0.25, 0.3) is 5.91 Å². The molecule has 1 amide bonds. The zero-order chi connectivity index (χ0) is 21.8. The molecule has 31 heavy (non-hydrogen) atoms. The fourth-order valence-electron chi connectivity index (χ4n) is 4.74. The summed E-state index contributed by atoms with van der Waals surface area (Å²) in [6, 6.07) is 22.9. The predicted molar refractivity (Wildman–Crippen MR) is 128 cm³/mol. The number of benzene rings is 3. The maximum absolute atomic E-state index is 12.2. The third-order valence-corrected chi connectivity index (χ3v) is 6.47. The Morgan fingerprint density at radius 1 is 1.06 bits per heavy atom. The van der Waals surface area contributed by atoms with E-state index in [-0.39, 0.29) is 18.6 Å². The van der Waals surface area contributed by atoms with E-state index in [2.05, 4.69) is 59.6 Å². The van der Waals surface area contributed by atoms with Gasteiger partial charge in [-0.2, -0.15) is 0 Å². The maximum Gasteiger partial charge on any atom is 0.251 e. The number of hydrogen-bond acceptors (Lipinski definition) is 3. The molecule has 0 radical (unpaired) electrons. The van der Waals surface area contributed by atoms with Crippen molar-refractivity contribution in [3.8, 4) is 0 Å². The van der Waals surface area contributed by atoms with Crippen LogP contribution >= 0.6 is 0 Å². The highest BCUT2D eigenvalue weighted by Crippen LogP contribution is 2.34. The van der Waals surface area contributed by atoms with E-state index in [1.165, 1.54) is 34.9 Å². The standard InChI is InChI=1S/C27H32N2O2/c1-19(25-9-5-7-22-6-3-4-8-26(22)25)16-21-14-15-29(17-21)24-12-10-23(11-13-24)27(31)28-20(2)18-30/h3-13,19-21,30H,14-18H2,1-2H3,(H,28,31)/t19-,20-,21+/m0/s1. The number of hydrogen-bond donors (Lipinski definition) is 2. The highest BCUT2D eigenvalue weighted by Gasteiger charge is 2.25. The van der Waals surface area contributed by atoms with Crippen molar-refractivity contribution in [2.24, 2.45) is 5.92 Å². The average Bonchev–Trinajstić information content (AvgIpc) is 3.27. The number of fused-ring (bicyclic) bond motifs is 1. The average molecular weight is 417 g/mol. The van der Waals surface area contributed by atoms with Gasteiger partial charge in [-0.1, -0.05) is 49.4 Å². The molecule has 1 saturated heterocycles. The van der Waals surface area contributed by atoms with Crippen LogP contribution in [-0.2, 0) is 0 Å². The summed E-state index contributed by atoms with van der Waals surface area (Å²) < 4.78 is 0. The Morgan fingerprint density at radius 3 is 2.58 bits per heavy atom. The van der Waals surface area contributed by atoms with E-state index in [0.717, 1.165) is 13.1 Å². The molecule has 3 atom stereocenters. The van der Waals surface area contributed by atoms with Crippen molar-refractivity contribution in [3.05, 3.63) is 77.9 Å². The smallest absolute Gasteiger partial charge is 0.251 e. The number of carbonyl (C=O) groups excluding carboxylic acids is 1. The third-order valence-electron chi connectivity index (χ3n) is 6.47. The molecule has 1 fully saturated rings. The Morgan fingerprint density at radius 2 is 1.81 bits per heavy atom. The molecule has 0 unspecified atom stereocenters. The number of nitrogens with zero attached hydrogens (tertiary/aromatic N) is 1. The van der Waals surface area contributed by atoms with Crippen molar-refractivity contribution < 1.29 is 9.90 Å². The van der Waals surface area contributed by atoms with Crippen LogP contribution in [0.4, 0.5) is 5.69 Å². The van der Waals surface area contributed by atoms with Crippen LogP contribution in [0.3, 0.4) is 0 Å². The highest BCUT2D eigenvalue weighted by molar-refractivity contribution is 5.94. The summed E-state index contributed by atoms with van der Waals surface area (Å²) in [5.41, 5.74) is 3.25. The molecule has 2 N–H and O–H groups in total. The Kier molecular flexibility index (Phi) is 6.57. The molecule has 3 aromatic carbocycles. The lowest BCUT2D eigenvalue weighted by atomic mass is 9.87. The molecule has 1 aliphatic rings. The highest BCUT2D eigenvalue weighted by atomic mass is 16.3. The molecule has 0 saturated carbocycles. The first kappa shape index (κ1) is 21.4. The van der Waals surface area contributed by atoms with Crippen LogP contribution in [0.1, 0.15) is 48.5 Å². The van der Waals surface area contributed by atoms with E-state index in [1.54, 1.807) is 6.92 Å². The molecule has 1 aliphatic heterocycles. The second-order valence-corrected chi connectivity index (χ2v) is 8.91. The summed E-state index contributed by atoms with van der Waals surface area (Å²) in [5, 5.41) is 14.6. The first-order valence-corrected chi connectivity index (χ1v) is 11.3. The van der Waals surface area contributed by atoms with E-state index < -0.39 is 0 Å². The lowest BCUT2D eigenvalue weighted by Crippen LogP contribution is -2.34. The van der Waals surface area contributed by atoms with Crippen LogP contribution in [-0.4, -0.2) is 36.8 Å². The number of carbonyl (C=O) groups is 1. The van der Waals surface area contributed by atoms with Crippen LogP contribution in [0, 0.1) is 5.92 Å². The fraction of sp³-hybridized carbons (Fsp3) is 0.370. The van der Waals surface area contributed by atoms with Crippen LogP contribution in [0.25, 0.3) is 10.8 Å². The van der Waals surface area contributed by atoms with Gasteiger partial charge in [0.1, 0.15) is 0 Å². The van der Waals surface area contributed by atoms with Gasteiger partial charge in [0.15, 0.2) is 0 Å². The number of nitrogens with one attached hydrogen (secondary N) is 1. The van der Waals surface area contributed by atoms with E-state index >= 15 is 0 Å². The van der Waals surface area contributed by atoms with Crippen molar-refractivity contribution >= 4 is 22.4 Å². The fourth-order valence-corrected chi connectivity index (χ4v) is 4.74. The zero-order valence-electron chi connectivity index (χ0n) is 18.4. The zero-order valence-corrected chi connectivity index (χ0v) is 18.4. The van der Waals surface area contributed by atoms with E-state index in [4.69, 9.17) is 5.11 Å². The van der Waals surface area contributed by atoms with Crippen LogP contribution in [0.2, 0.25) is 0 Å². The minimum absolute atomic E-state index is 0.0593. The first-order chi connectivity index (χ1) is 15.0. The Hall–Kier alpha value is -2.85. The maximum atomic E-state index is 12.2. The summed E-state index contributed by atoms with van der Waals surface area (Å²) in [6.07, 6.45) is 2.38. The molecule has 0 spiro atoms. The van der Waals surface area contributed by atoms with Gasteiger partial charge in [-0.15, -0.1) is 0 Å². The molecule has 0 aromatic heterocycles. The summed E-state index contributed by atoms with van der Waals surface area (Å²) in [5.74, 6) is 1.05. The summed E-state index contributed by atoms with van der Waals surface area (Å²) in [4.78, 5) is 14.6. The van der Waals surface area contributed by atoms with Crippen molar-refractivity contribution in [1.29, 1.82) is 0 Å². The second-order valence-electron chi connectivity index (χ2n) is 8.91. The summed E-state index contributed by atoms with van der Waals surface area (Å²) in [6.45, 7) is 6.19. The SMILES string of the molecule is C[C@@H](CO)NC(=O)c1ccc(N2CC[C@H](C[C@H](C)c3cccc4ccccc34)C2)cc1. The molecule has 4 rings (SSSR count). The second kappa shape index (κ2) is 9.52. The molecule has 0 bridgehead atoms. The molecular weight excluding hydrogens is 384 g/mol. The van der Waals surface area contributed by atoms with Crippen molar-refractivity contribution in [1.82, 2.24) is 5.32 Å². The van der Waals surface area contributed by atoms with Gasteiger partial charge >= 0.3 is 0 Å². The molecule has 0 aliphatic carbocycles. The van der Waals surface area contributed by atoms with Crippen LogP contribution in [0.5, 0.6) is 0 Å². The molecule has 162 valence electrons. The number of aliphatic hydroxyl groups excluding tert-OH is 1. The Balaban J connectivity index is 1.37. The van der Waals surface area contributed by atoms with Crippen LogP contribution < -0.4 is 10.2 Å². The monoisotopic (exact) mass is 416 g/mol. The summed E-state index contributed by atoms with van der Waals surface area (Å²) >= 11 is 0. The largest absolute Gasteiger partial charge is 0.394 e. The molecule has 4 nitrogen and oxygen atoms in total. The van der Waals surface area contributed by atoms with E-state index in [1.807, 2.05) is 24.3 Å². The van der Waals surface area contributed by atoms with E-state index in [0.29, 0.717) is 17.4 Å². The number of rotatable bonds is 7. The molecule has 4 heteroatoms.